The minimum Gasteiger partial charge on any atom is -0.294 e. The number of aryl methyl sites for hydroxylation is 1. The molecular weight excluding hydrogens is 350 g/mol. The number of thiophene rings is 1. The van der Waals surface area contributed by atoms with Crippen LogP contribution in [0.5, 0.6) is 0 Å². The van der Waals surface area contributed by atoms with Gasteiger partial charge in [-0.05, 0) is 49.1 Å². The van der Waals surface area contributed by atoms with Gasteiger partial charge < -0.3 is 0 Å². The molecule has 0 unspecified atom stereocenters. The van der Waals surface area contributed by atoms with Gasteiger partial charge in [0.05, 0.1) is 5.56 Å². The summed E-state index contributed by atoms with van der Waals surface area (Å²) in [6.07, 6.45) is 3.44. The maximum absolute atomic E-state index is 14.3. The normalized spacial score (nSPS) is 10.9. The third-order valence-electron chi connectivity index (χ3n) is 4.38. The first-order valence-corrected chi connectivity index (χ1v) is 9.51. The molecule has 1 aromatic heterocycles. The first-order valence-electron chi connectivity index (χ1n) is 8.69. The van der Waals surface area contributed by atoms with Gasteiger partial charge >= 0.3 is 0 Å². The van der Waals surface area contributed by atoms with E-state index in [1.807, 2.05) is 12.1 Å². The third-order valence-corrected chi connectivity index (χ3v) is 5.57. The number of carbonyl (C=O) groups excluding carboxylic acids is 1. The lowest BCUT2D eigenvalue weighted by molar-refractivity contribution is 0.101. The Labute approximate surface area is 156 Å². The Morgan fingerprint density at radius 1 is 0.923 bits per heavy atom. The van der Waals surface area contributed by atoms with Crippen LogP contribution >= 0.6 is 11.3 Å². The van der Waals surface area contributed by atoms with Crippen LogP contribution in [-0.2, 0) is 6.42 Å². The molecule has 0 atom stereocenters. The molecule has 0 aliphatic carbocycles. The first kappa shape index (κ1) is 18.5. The van der Waals surface area contributed by atoms with Crippen LogP contribution < -0.4 is 0 Å². The summed E-state index contributed by atoms with van der Waals surface area (Å²) >= 11 is 1.77. The highest BCUT2D eigenvalue weighted by molar-refractivity contribution is 7.15. The van der Waals surface area contributed by atoms with E-state index in [4.69, 9.17) is 0 Å². The van der Waals surface area contributed by atoms with E-state index >= 15 is 0 Å². The summed E-state index contributed by atoms with van der Waals surface area (Å²) < 4.78 is 28.4. The number of rotatable bonds is 6. The van der Waals surface area contributed by atoms with Crippen LogP contribution in [0, 0.1) is 11.6 Å². The van der Waals surface area contributed by atoms with E-state index in [0.717, 1.165) is 12.0 Å². The van der Waals surface area contributed by atoms with Crippen LogP contribution in [0.2, 0.25) is 0 Å². The highest BCUT2D eigenvalue weighted by Gasteiger charge is 2.17. The molecule has 2 aromatic carbocycles. The maximum Gasteiger partial charge on any atom is 0.170 e. The Bertz CT molecular complexity index is 926. The average molecular weight is 370 g/mol. The van der Waals surface area contributed by atoms with Crippen LogP contribution in [0.25, 0.3) is 21.6 Å². The van der Waals surface area contributed by atoms with Gasteiger partial charge in [-0.15, -0.1) is 11.3 Å². The Morgan fingerprint density at radius 2 is 1.62 bits per heavy atom. The third kappa shape index (κ3) is 3.75. The number of Topliss-reactive ketones (excluding diaryl/α,β-unsaturated/α-hetero) is 1. The zero-order valence-electron chi connectivity index (χ0n) is 14.8. The van der Waals surface area contributed by atoms with Crippen LogP contribution in [0.4, 0.5) is 8.78 Å². The molecule has 1 heterocycles. The molecule has 26 heavy (non-hydrogen) atoms. The number of unbranched alkanes of at least 4 members (excludes halogenated alkanes) is 1. The molecule has 0 N–H and O–H groups in total. The smallest absolute Gasteiger partial charge is 0.170 e. The van der Waals surface area contributed by atoms with Gasteiger partial charge in [0, 0.05) is 15.3 Å². The molecule has 0 aliphatic rings. The van der Waals surface area contributed by atoms with Crippen molar-refractivity contribution in [3.05, 3.63) is 70.6 Å². The standard InChI is InChI=1S/C22H20F2OS/c1-3-4-5-17-10-13-20(26-17)16-8-6-15(7-9-16)19-12-11-18(14(2)25)21(23)22(19)24/h6-13H,3-5H2,1-2H3. The van der Waals surface area contributed by atoms with Crippen LogP contribution in [0.3, 0.4) is 0 Å². The van der Waals surface area contributed by atoms with Crippen molar-refractivity contribution in [3.8, 4) is 21.6 Å². The number of benzene rings is 2. The van der Waals surface area contributed by atoms with Gasteiger partial charge in [0.2, 0.25) is 0 Å². The van der Waals surface area contributed by atoms with E-state index in [1.54, 1.807) is 23.5 Å². The van der Waals surface area contributed by atoms with Crippen molar-refractivity contribution in [3.63, 3.8) is 0 Å². The fraction of sp³-hybridized carbons (Fsp3) is 0.227. The molecule has 3 aromatic rings. The molecule has 1 nitrogen and oxygen atoms in total. The van der Waals surface area contributed by atoms with Gasteiger partial charge in [0.25, 0.3) is 0 Å². The van der Waals surface area contributed by atoms with Crippen molar-refractivity contribution in [2.75, 3.05) is 0 Å². The Balaban J connectivity index is 1.87. The molecule has 134 valence electrons. The lowest BCUT2D eigenvalue weighted by Crippen LogP contribution is -2.01. The Hall–Kier alpha value is -2.33. The predicted octanol–water partition coefficient (Wildman–Crippen LogP) is 6.91. The van der Waals surface area contributed by atoms with Crippen LogP contribution in [0.1, 0.15) is 41.9 Å². The van der Waals surface area contributed by atoms with Crippen molar-refractivity contribution in [2.24, 2.45) is 0 Å². The fourth-order valence-corrected chi connectivity index (χ4v) is 3.93. The molecule has 0 spiro atoms. The molecule has 4 heteroatoms. The second-order valence-corrected chi connectivity index (χ2v) is 7.46. The van der Waals surface area contributed by atoms with E-state index in [-0.39, 0.29) is 11.1 Å². The predicted molar refractivity (Wildman–Crippen MR) is 104 cm³/mol. The van der Waals surface area contributed by atoms with E-state index in [0.29, 0.717) is 5.56 Å². The molecule has 3 rings (SSSR count). The molecule has 0 saturated heterocycles. The fourth-order valence-electron chi connectivity index (χ4n) is 2.88. The number of hydrogen-bond acceptors (Lipinski definition) is 2. The van der Waals surface area contributed by atoms with E-state index in [1.165, 1.54) is 41.7 Å². The summed E-state index contributed by atoms with van der Waals surface area (Å²) in [6, 6.07) is 14.5. The quantitative estimate of drug-likeness (QED) is 0.431. The van der Waals surface area contributed by atoms with E-state index < -0.39 is 17.4 Å². The lowest BCUT2D eigenvalue weighted by Gasteiger charge is -2.08. The minimum atomic E-state index is -1.09. The van der Waals surface area contributed by atoms with E-state index in [9.17, 15) is 13.6 Å². The van der Waals surface area contributed by atoms with Crippen LogP contribution in [0.15, 0.2) is 48.5 Å². The van der Waals surface area contributed by atoms with Crippen LogP contribution in [-0.4, -0.2) is 5.78 Å². The second-order valence-electron chi connectivity index (χ2n) is 6.29. The van der Waals surface area contributed by atoms with Crippen molar-refractivity contribution in [1.82, 2.24) is 0 Å². The summed E-state index contributed by atoms with van der Waals surface area (Å²) in [5, 5.41) is 0. The molecule has 0 amide bonds. The molecular formula is C22H20F2OS. The van der Waals surface area contributed by atoms with Crippen molar-refractivity contribution >= 4 is 17.1 Å². The van der Waals surface area contributed by atoms with Crippen molar-refractivity contribution in [2.45, 2.75) is 33.1 Å². The van der Waals surface area contributed by atoms with Gasteiger partial charge in [-0.3, -0.25) is 4.79 Å². The Morgan fingerprint density at radius 3 is 2.27 bits per heavy atom. The number of ketones is 1. The van der Waals surface area contributed by atoms with Gasteiger partial charge in [0.15, 0.2) is 17.4 Å². The Kier molecular flexibility index (Phi) is 5.62. The molecule has 0 radical (unpaired) electrons. The van der Waals surface area contributed by atoms with Crippen molar-refractivity contribution in [1.29, 1.82) is 0 Å². The highest BCUT2D eigenvalue weighted by atomic mass is 32.1. The number of hydrogen-bond donors (Lipinski definition) is 0. The SMILES string of the molecule is CCCCc1ccc(-c2ccc(-c3ccc(C(C)=O)c(F)c3F)cc2)s1. The molecule has 0 saturated carbocycles. The van der Waals surface area contributed by atoms with Gasteiger partial charge in [-0.1, -0.05) is 43.7 Å². The molecule has 0 fully saturated rings. The average Bonchev–Trinajstić information content (AvgIpc) is 3.11. The highest BCUT2D eigenvalue weighted by Crippen LogP contribution is 2.32. The summed E-state index contributed by atoms with van der Waals surface area (Å²) in [6.45, 7) is 3.40. The number of carbonyl (C=O) groups is 1. The van der Waals surface area contributed by atoms with Gasteiger partial charge in [-0.25, -0.2) is 8.78 Å². The summed E-state index contributed by atoms with van der Waals surface area (Å²) in [4.78, 5) is 13.9. The summed E-state index contributed by atoms with van der Waals surface area (Å²) in [5.74, 6) is -2.55. The van der Waals surface area contributed by atoms with Crippen molar-refractivity contribution < 1.29 is 13.6 Å². The summed E-state index contributed by atoms with van der Waals surface area (Å²) in [5.41, 5.74) is 1.58. The lowest BCUT2D eigenvalue weighted by atomic mass is 10.00. The molecule has 0 aliphatic heterocycles. The van der Waals surface area contributed by atoms with E-state index in [2.05, 4.69) is 19.1 Å². The zero-order chi connectivity index (χ0) is 18.7. The second kappa shape index (κ2) is 7.92. The monoisotopic (exact) mass is 370 g/mol. The van der Waals surface area contributed by atoms with Gasteiger partial charge in [0.1, 0.15) is 0 Å². The molecule has 0 bridgehead atoms. The topological polar surface area (TPSA) is 17.1 Å². The largest absolute Gasteiger partial charge is 0.294 e. The number of halogens is 2. The zero-order valence-corrected chi connectivity index (χ0v) is 15.6. The summed E-state index contributed by atoms with van der Waals surface area (Å²) in [7, 11) is 0. The maximum atomic E-state index is 14.3. The first-order chi connectivity index (χ1) is 12.5. The minimum absolute atomic E-state index is 0.161. The van der Waals surface area contributed by atoms with Gasteiger partial charge in [-0.2, -0.15) is 0 Å².